The molecule has 0 aromatic rings. The van der Waals surface area contributed by atoms with E-state index >= 15 is 0 Å². The van der Waals surface area contributed by atoms with E-state index in [1.165, 1.54) is 0 Å². The summed E-state index contributed by atoms with van der Waals surface area (Å²) in [6.45, 7) is 7.04. The molecule has 0 saturated carbocycles. The number of hydrogen-bond acceptors (Lipinski definition) is 4. The summed E-state index contributed by atoms with van der Waals surface area (Å²) in [5.41, 5.74) is 6.15. The van der Waals surface area contributed by atoms with Crippen molar-refractivity contribution in [3.8, 4) is 0 Å². The van der Waals surface area contributed by atoms with Gasteiger partial charge in [0, 0.05) is 26.3 Å². The minimum atomic E-state index is -0.419. The average molecular weight is 298 g/mol. The molecule has 4 unspecified atom stereocenters. The van der Waals surface area contributed by atoms with Gasteiger partial charge in [-0.3, -0.25) is 4.79 Å². The predicted molar refractivity (Wildman–Crippen MR) is 82.0 cm³/mol. The van der Waals surface area contributed by atoms with E-state index in [0.29, 0.717) is 13.1 Å². The van der Waals surface area contributed by atoms with Gasteiger partial charge in [0.05, 0.1) is 18.2 Å². The van der Waals surface area contributed by atoms with Gasteiger partial charge in [0.2, 0.25) is 5.91 Å². The van der Waals surface area contributed by atoms with Crippen LogP contribution in [0.1, 0.15) is 46.0 Å². The fourth-order valence-electron chi connectivity index (χ4n) is 3.03. The lowest BCUT2D eigenvalue weighted by Crippen LogP contribution is -2.51. The van der Waals surface area contributed by atoms with E-state index in [1.54, 1.807) is 0 Å². The van der Waals surface area contributed by atoms with Crippen LogP contribution in [-0.4, -0.2) is 55.4 Å². The van der Waals surface area contributed by atoms with Gasteiger partial charge in [-0.25, -0.2) is 0 Å². The molecular formula is C16H30N2O3. The zero-order valence-corrected chi connectivity index (χ0v) is 13.4. The van der Waals surface area contributed by atoms with E-state index in [1.807, 2.05) is 11.8 Å². The maximum atomic E-state index is 12.7. The Morgan fingerprint density at radius 3 is 2.10 bits per heavy atom. The Labute approximate surface area is 128 Å². The summed E-state index contributed by atoms with van der Waals surface area (Å²) in [7, 11) is 0. The molecule has 5 heteroatoms. The molecule has 0 spiro atoms. The van der Waals surface area contributed by atoms with Gasteiger partial charge in [0.25, 0.3) is 0 Å². The van der Waals surface area contributed by atoms with Crippen LogP contribution < -0.4 is 5.73 Å². The lowest BCUT2D eigenvalue weighted by atomic mass is 9.98. The van der Waals surface area contributed by atoms with Crippen molar-refractivity contribution in [2.24, 2.45) is 11.7 Å². The molecule has 2 aliphatic rings. The van der Waals surface area contributed by atoms with Crippen molar-refractivity contribution in [1.29, 1.82) is 0 Å². The van der Waals surface area contributed by atoms with Crippen LogP contribution in [0.4, 0.5) is 0 Å². The molecule has 0 radical (unpaired) electrons. The van der Waals surface area contributed by atoms with Crippen molar-refractivity contribution in [2.75, 3.05) is 26.3 Å². The summed E-state index contributed by atoms with van der Waals surface area (Å²) in [6, 6.07) is -0.419. The van der Waals surface area contributed by atoms with E-state index < -0.39 is 6.04 Å². The first-order valence-electron chi connectivity index (χ1n) is 8.39. The fourth-order valence-corrected chi connectivity index (χ4v) is 3.03. The van der Waals surface area contributed by atoms with Gasteiger partial charge in [0.15, 0.2) is 0 Å². The van der Waals surface area contributed by atoms with Crippen molar-refractivity contribution in [1.82, 2.24) is 4.90 Å². The number of amides is 1. The number of carbonyl (C=O) groups is 1. The van der Waals surface area contributed by atoms with Crippen LogP contribution in [-0.2, 0) is 14.3 Å². The van der Waals surface area contributed by atoms with Gasteiger partial charge in [-0.2, -0.15) is 0 Å². The van der Waals surface area contributed by atoms with Gasteiger partial charge in [-0.1, -0.05) is 20.3 Å². The molecule has 0 bridgehead atoms. The Kier molecular flexibility index (Phi) is 6.45. The SMILES string of the molecule is CCC(C)C(N)C(=O)N(CC1CCCO1)CC1CCCO1. The van der Waals surface area contributed by atoms with Crippen LogP contribution in [0.25, 0.3) is 0 Å². The summed E-state index contributed by atoms with van der Waals surface area (Å²) >= 11 is 0. The van der Waals surface area contributed by atoms with E-state index in [0.717, 1.165) is 45.3 Å². The predicted octanol–water partition coefficient (Wildman–Crippen LogP) is 1.55. The first kappa shape index (κ1) is 16.7. The van der Waals surface area contributed by atoms with Gasteiger partial charge in [-0.15, -0.1) is 0 Å². The summed E-state index contributed by atoms with van der Waals surface area (Å²) in [5.74, 6) is 0.254. The highest BCUT2D eigenvalue weighted by atomic mass is 16.5. The molecule has 2 heterocycles. The van der Waals surface area contributed by atoms with E-state index in [9.17, 15) is 4.79 Å². The highest BCUT2D eigenvalue weighted by Gasteiger charge is 2.31. The number of carbonyl (C=O) groups excluding carboxylic acids is 1. The maximum absolute atomic E-state index is 12.7. The van der Waals surface area contributed by atoms with Crippen molar-refractivity contribution < 1.29 is 14.3 Å². The molecule has 2 N–H and O–H groups in total. The van der Waals surface area contributed by atoms with Gasteiger partial charge in [0.1, 0.15) is 0 Å². The zero-order valence-electron chi connectivity index (χ0n) is 13.4. The molecular weight excluding hydrogens is 268 g/mol. The summed E-state index contributed by atoms with van der Waals surface area (Å²) in [6.07, 6.45) is 5.50. The minimum Gasteiger partial charge on any atom is -0.376 e. The summed E-state index contributed by atoms with van der Waals surface area (Å²) in [5, 5.41) is 0. The van der Waals surface area contributed by atoms with Crippen molar-refractivity contribution in [3.05, 3.63) is 0 Å². The molecule has 21 heavy (non-hydrogen) atoms. The lowest BCUT2D eigenvalue weighted by molar-refractivity contribution is -0.137. The van der Waals surface area contributed by atoms with Gasteiger partial charge in [-0.05, 0) is 31.6 Å². The molecule has 122 valence electrons. The molecule has 2 rings (SSSR count). The maximum Gasteiger partial charge on any atom is 0.239 e. The molecule has 1 amide bonds. The van der Waals surface area contributed by atoms with Crippen molar-refractivity contribution in [2.45, 2.75) is 64.2 Å². The van der Waals surface area contributed by atoms with Crippen LogP contribution in [0.5, 0.6) is 0 Å². The van der Waals surface area contributed by atoms with E-state index in [2.05, 4.69) is 6.92 Å². The average Bonchev–Trinajstić information content (AvgIpc) is 3.17. The molecule has 2 fully saturated rings. The Morgan fingerprint density at radius 2 is 1.71 bits per heavy atom. The summed E-state index contributed by atoms with van der Waals surface area (Å²) in [4.78, 5) is 14.6. The Morgan fingerprint density at radius 1 is 1.19 bits per heavy atom. The summed E-state index contributed by atoms with van der Waals surface area (Å²) < 4.78 is 11.4. The molecule has 0 aromatic heterocycles. The lowest BCUT2D eigenvalue weighted by Gasteiger charge is -2.31. The second-order valence-electron chi connectivity index (χ2n) is 6.42. The van der Waals surface area contributed by atoms with Crippen molar-refractivity contribution >= 4 is 5.91 Å². The molecule has 5 nitrogen and oxygen atoms in total. The van der Waals surface area contributed by atoms with Crippen LogP contribution >= 0.6 is 0 Å². The minimum absolute atomic E-state index is 0.0513. The number of rotatable bonds is 7. The topological polar surface area (TPSA) is 64.8 Å². The van der Waals surface area contributed by atoms with Gasteiger partial charge >= 0.3 is 0 Å². The first-order chi connectivity index (χ1) is 10.1. The Balaban J connectivity index is 1.96. The van der Waals surface area contributed by atoms with Crippen LogP contribution in [0.3, 0.4) is 0 Å². The van der Waals surface area contributed by atoms with Crippen molar-refractivity contribution in [3.63, 3.8) is 0 Å². The third-order valence-corrected chi connectivity index (χ3v) is 4.75. The molecule has 4 atom stereocenters. The van der Waals surface area contributed by atoms with Gasteiger partial charge < -0.3 is 20.1 Å². The number of nitrogens with two attached hydrogens (primary N) is 1. The third-order valence-electron chi connectivity index (χ3n) is 4.75. The zero-order chi connectivity index (χ0) is 15.2. The largest absolute Gasteiger partial charge is 0.376 e. The number of nitrogens with zero attached hydrogens (tertiary/aromatic N) is 1. The standard InChI is InChI=1S/C16H30N2O3/c1-3-12(2)15(17)16(19)18(10-13-6-4-8-20-13)11-14-7-5-9-21-14/h12-15H,3-11,17H2,1-2H3. The molecule has 0 aromatic carbocycles. The van der Waals surface area contributed by atoms with E-state index in [-0.39, 0.29) is 24.0 Å². The fraction of sp³-hybridized carbons (Fsp3) is 0.938. The molecule has 2 aliphatic heterocycles. The Hall–Kier alpha value is -0.650. The highest BCUT2D eigenvalue weighted by Crippen LogP contribution is 2.19. The second kappa shape index (κ2) is 8.11. The smallest absolute Gasteiger partial charge is 0.239 e. The number of ether oxygens (including phenoxy) is 2. The Bertz CT molecular complexity index is 307. The molecule has 0 aliphatic carbocycles. The highest BCUT2D eigenvalue weighted by molar-refractivity contribution is 5.82. The second-order valence-corrected chi connectivity index (χ2v) is 6.42. The van der Waals surface area contributed by atoms with Crippen LogP contribution in [0.2, 0.25) is 0 Å². The van der Waals surface area contributed by atoms with E-state index in [4.69, 9.17) is 15.2 Å². The monoisotopic (exact) mass is 298 g/mol. The first-order valence-corrected chi connectivity index (χ1v) is 8.39. The molecule has 2 saturated heterocycles. The van der Waals surface area contributed by atoms with Crippen LogP contribution in [0.15, 0.2) is 0 Å². The normalized spacial score (nSPS) is 28.5. The number of hydrogen-bond donors (Lipinski definition) is 1. The van der Waals surface area contributed by atoms with Crippen LogP contribution in [0, 0.1) is 5.92 Å². The quantitative estimate of drug-likeness (QED) is 0.774. The third kappa shape index (κ3) is 4.66.